The van der Waals surface area contributed by atoms with Crippen molar-refractivity contribution < 1.29 is 9.90 Å². The predicted octanol–water partition coefficient (Wildman–Crippen LogP) is 6.32. The lowest BCUT2D eigenvalue weighted by Gasteiger charge is -2.04. The van der Waals surface area contributed by atoms with Gasteiger partial charge in [-0.05, 0) is 12.8 Å². The van der Waals surface area contributed by atoms with Crippen LogP contribution in [0.2, 0.25) is 0 Å². The standard InChI is InChI=1S/C17H33BrO2/c1-16(18)14-12-10-8-6-4-2-3-5-7-9-11-13-15-17(19)20/h16H,2-15H2,1H3,(H,19,20)/t16-/m1/s1. The summed E-state index contributed by atoms with van der Waals surface area (Å²) in [5.74, 6) is -0.657. The Morgan fingerprint density at radius 1 is 0.800 bits per heavy atom. The number of rotatable bonds is 15. The van der Waals surface area contributed by atoms with Crippen LogP contribution in [-0.4, -0.2) is 15.9 Å². The highest BCUT2D eigenvalue weighted by atomic mass is 79.9. The molecule has 3 heteroatoms. The lowest BCUT2D eigenvalue weighted by Crippen LogP contribution is -1.93. The first kappa shape index (κ1) is 19.9. The normalized spacial score (nSPS) is 12.5. The molecule has 1 atom stereocenters. The van der Waals surface area contributed by atoms with E-state index in [0.717, 1.165) is 12.8 Å². The van der Waals surface area contributed by atoms with Gasteiger partial charge in [-0.1, -0.05) is 93.5 Å². The summed E-state index contributed by atoms with van der Waals surface area (Å²) in [5.41, 5.74) is 0. The Bertz CT molecular complexity index is 217. The zero-order valence-corrected chi connectivity index (χ0v) is 14.8. The summed E-state index contributed by atoms with van der Waals surface area (Å²) >= 11 is 3.59. The van der Waals surface area contributed by atoms with Gasteiger partial charge in [0.2, 0.25) is 0 Å². The van der Waals surface area contributed by atoms with E-state index in [4.69, 9.17) is 5.11 Å². The Kier molecular flexibility index (Phi) is 15.3. The summed E-state index contributed by atoms with van der Waals surface area (Å²) in [4.78, 5) is 11.0. The lowest BCUT2D eigenvalue weighted by atomic mass is 10.0. The third kappa shape index (κ3) is 17.9. The molecule has 0 aromatic heterocycles. The number of carboxylic acid groups (broad SMARTS) is 1. The highest BCUT2D eigenvalue weighted by Crippen LogP contribution is 2.14. The van der Waals surface area contributed by atoms with Crippen molar-refractivity contribution in [2.45, 2.75) is 102 Å². The molecule has 120 valence electrons. The molecule has 0 aliphatic carbocycles. The SMILES string of the molecule is C[C@@H](Br)CCCCCCCCCCCCCCC(=O)O. The van der Waals surface area contributed by atoms with E-state index in [2.05, 4.69) is 22.9 Å². The maximum absolute atomic E-state index is 10.3. The summed E-state index contributed by atoms with van der Waals surface area (Å²) in [6.07, 6.45) is 17.1. The van der Waals surface area contributed by atoms with Gasteiger partial charge < -0.3 is 5.11 Å². The minimum Gasteiger partial charge on any atom is -0.481 e. The van der Waals surface area contributed by atoms with E-state index in [1.165, 1.54) is 70.6 Å². The average molecular weight is 349 g/mol. The number of unbranched alkanes of at least 4 members (excludes halogenated alkanes) is 11. The molecule has 20 heavy (non-hydrogen) atoms. The fourth-order valence-corrected chi connectivity index (χ4v) is 2.79. The van der Waals surface area contributed by atoms with Crippen LogP contribution < -0.4 is 0 Å². The molecule has 0 bridgehead atoms. The maximum Gasteiger partial charge on any atom is 0.303 e. The number of hydrogen-bond donors (Lipinski definition) is 1. The molecule has 0 aromatic carbocycles. The van der Waals surface area contributed by atoms with E-state index < -0.39 is 5.97 Å². The first-order valence-electron chi connectivity index (χ1n) is 8.49. The summed E-state index contributed by atoms with van der Waals surface area (Å²) < 4.78 is 0. The number of carboxylic acids is 1. The monoisotopic (exact) mass is 348 g/mol. The molecule has 0 rings (SSSR count). The molecule has 0 saturated carbocycles. The van der Waals surface area contributed by atoms with E-state index in [9.17, 15) is 4.79 Å². The summed E-state index contributed by atoms with van der Waals surface area (Å²) in [6, 6.07) is 0. The first-order chi connectivity index (χ1) is 9.63. The molecular formula is C17H33BrO2. The van der Waals surface area contributed by atoms with Crippen molar-refractivity contribution in [2.75, 3.05) is 0 Å². The zero-order chi connectivity index (χ0) is 15.1. The van der Waals surface area contributed by atoms with E-state index in [0.29, 0.717) is 11.2 Å². The predicted molar refractivity (Wildman–Crippen MR) is 90.7 cm³/mol. The second kappa shape index (κ2) is 15.3. The topological polar surface area (TPSA) is 37.3 Å². The average Bonchev–Trinajstić information content (AvgIpc) is 2.38. The Hall–Kier alpha value is -0.0500. The number of carbonyl (C=O) groups is 1. The number of alkyl halides is 1. The quantitative estimate of drug-likeness (QED) is 0.278. The minimum absolute atomic E-state index is 0.341. The van der Waals surface area contributed by atoms with Crippen LogP contribution in [0.3, 0.4) is 0 Å². The van der Waals surface area contributed by atoms with Gasteiger partial charge in [-0.15, -0.1) is 0 Å². The van der Waals surface area contributed by atoms with E-state index in [1.54, 1.807) is 0 Å². The molecular weight excluding hydrogens is 316 g/mol. The van der Waals surface area contributed by atoms with Gasteiger partial charge >= 0.3 is 5.97 Å². The van der Waals surface area contributed by atoms with Crippen molar-refractivity contribution in [3.05, 3.63) is 0 Å². The van der Waals surface area contributed by atoms with Crippen molar-refractivity contribution in [2.24, 2.45) is 0 Å². The van der Waals surface area contributed by atoms with Crippen LogP contribution in [-0.2, 0) is 4.79 Å². The molecule has 0 aliphatic heterocycles. The molecule has 0 amide bonds. The van der Waals surface area contributed by atoms with Crippen LogP contribution in [0.1, 0.15) is 96.8 Å². The molecule has 0 fully saturated rings. The van der Waals surface area contributed by atoms with Crippen molar-refractivity contribution >= 4 is 21.9 Å². The van der Waals surface area contributed by atoms with Crippen LogP contribution in [0.5, 0.6) is 0 Å². The third-order valence-corrected chi connectivity index (χ3v) is 4.20. The van der Waals surface area contributed by atoms with Gasteiger partial charge in [-0.2, -0.15) is 0 Å². The van der Waals surface area contributed by atoms with E-state index >= 15 is 0 Å². The second-order valence-corrected chi connectivity index (χ2v) is 7.52. The molecule has 2 nitrogen and oxygen atoms in total. The van der Waals surface area contributed by atoms with Crippen LogP contribution >= 0.6 is 15.9 Å². The molecule has 0 aromatic rings. The molecule has 0 aliphatic rings. The fraction of sp³-hybridized carbons (Fsp3) is 0.941. The number of aliphatic carboxylic acids is 1. The maximum atomic E-state index is 10.3. The van der Waals surface area contributed by atoms with Gasteiger partial charge in [0.15, 0.2) is 0 Å². The first-order valence-corrected chi connectivity index (χ1v) is 9.40. The Balaban J connectivity index is 2.97. The van der Waals surface area contributed by atoms with Crippen molar-refractivity contribution in [1.82, 2.24) is 0 Å². The smallest absolute Gasteiger partial charge is 0.303 e. The largest absolute Gasteiger partial charge is 0.481 e. The zero-order valence-electron chi connectivity index (χ0n) is 13.2. The van der Waals surface area contributed by atoms with Gasteiger partial charge in [0, 0.05) is 11.2 Å². The van der Waals surface area contributed by atoms with E-state index in [-0.39, 0.29) is 0 Å². The van der Waals surface area contributed by atoms with Crippen molar-refractivity contribution in [3.63, 3.8) is 0 Å². The Morgan fingerprint density at radius 2 is 1.15 bits per heavy atom. The Morgan fingerprint density at radius 3 is 1.50 bits per heavy atom. The lowest BCUT2D eigenvalue weighted by molar-refractivity contribution is -0.137. The van der Waals surface area contributed by atoms with Gasteiger partial charge in [0.25, 0.3) is 0 Å². The summed E-state index contributed by atoms with van der Waals surface area (Å²) in [5, 5.41) is 8.52. The van der Waals surface area contributed by atoms with Gasteiger partial charge in [-0.25, -0.2) is 0 Å². The molecule has 0 heterocycles. The molecule has 0 saturated heterocycles. The second-order valence-electron chi connectivity index (χ2n) is 5.96. The van der Waals surface area contributed by atoms with Crippen LogP contribution in [0.15, 0.2) is 0 Å². The van der Waals surface area contributed by atoms with Gasteiger partial charge in [-0.3, -0.25) is 4.79 Å². The highest BCUT2D eigenvalue weighted by molar-refractivity contribution is 9.09. The summed E-state index contributed by atoms with van der Waals surface area (Å²) in [6.45, 7) is 2.22. The molecule has 0 spiro atoms. The van der Waals surface area contributed by atoms with Crippen LogP contribution in [0.4, 0.5) is 0 Å². The van der Waals surface area contributed by atoms with Gasteiger partial charge in [0.05, 0.1) is 0 Å². The minimum atomic E-state index is -0.657. The van der Waals surface area contributed by atoms with Crippen molar-refractivity contribution in [1.29, 1.82) is 0 Å². The molecule has 0 radical (unpaired) electrons. The Labute approximate surface area is 133 Å². The molecule has 0 unspecified atom stereocenters. The number of hydrogen-bond acceptors (Lipinski definition) is 1. The van der Waals surface area contributed by atoms with Crippen molar-refractivity contribution in [3.8, 4) is 0 Å². The fourth-order valence-electron chi connectivity index (χ4n) is 2.47. The van der Waals surface area contributed by atoms with Crippen LogP contribution in [0, 0.1) is 0 Å². The third-order valence-electron chi connectivity index (χ3n) is 3.74. The van der Waals surface area contributed by atoms with E-state index in [1.807, 2.05) is 0 Å². The van der Waals surface area contributed by atoms with Crippen LogP contribution in [0.25, 0.3) is 0 Å². The molecule has 1 N–H and O–H groups in total. The highest BCUT2D eigenvalue weighted by Gasteiger charge is 1.97. The number of halogens is 1. The van der Waals surface area contributed by atoms with Gasteiger partial charge in [0.1, 0.15) is 0 Å². The summed E-state index contributed by atoms with van der Waals surface area (Å²) in [7, 11) is 0.